The van der Waals surface area contributed by atoms with Gasteiger partial charge in [0.1, 0.15) is 29.2 Å². The maximum atomic E-state index is 10.6. The van der Waals surface area contributed by atoms with Crippen LogP contribution in [0.3, 0.4) is 0 Å². The Bertz CT molecular complexity index is 836. The van der Waals surface area contributed by atoms with E-state index in [1.165, 1.54) is 0 Å². The molecule has 0 saturated carbocycles. The monoisotopic (exact) mass is 405 g/mol. The zero-order chi connectivity index (χ0) is 19.0. The van der Waals surface area contributed by atoms with Gasteiger partial charge in [-0.15, -0.1) is 0 Å². The summed E-state index contributed by atoms with van der Waals surface area (Å²) in [4.78, 5) is 8.18. The molecule has 0 aliphatic heterocycles. The van der Waals surface area contributed by atoms with Gasteiger partial charge >= 0.3 is 29.6 Å². The van der Waals surface area contributed by atoms with Crippen molar-refractivity contribution in [3.8, 4) is 0 Å². The third-order valence-electron chi connectivity index (χ3n) is 3.10. The molecule has 0 spiro atoms. The van der Waals surface area contributed by atoms with Crippen molar-refractivity contribution in [2.75, 3.05) is 11.2 Å². The minimum absolute atomic E-state index is 0. The van der Waals surface area contributed by atoms with Gasteiger partial charge in [0.05, 0.1) is 11.4 Å². The van der Waals surface area contributed by atoms with Crippen LogP contribution >= 0.6 is 0 Å². The fourth-order valence-corrected chi connectivity index (χ4v) is 2.39. The van der Waals surface area contributed by atoms with Crippen LogP contribution in [0.25, 0.3) is 0 Å². The van der Waals surface area contributed by atoms with E-state index in [-0.39, 0.29) is 42.8 Å². The predicted molar refractivity (Wildman–Crippen MR) is 90.1 cm³/mol. The van der Waals surface area contributed by atoms with E-state index in [2.05, 4.69) is 25.3 Å². The summed E-state index contributed by atoms with van der Waals surface area (Å²) in [6, 6.07) is 11.2. The molecule has 0 amide bonds. The van der Waals surface area contributed by atoms with Gasteiger partial charge in [0, 0.05) is 5.69 Å². The number of hydrogen-bond donors (Lipinski definition) is 3. The van der Waals surface area contributed by atoms with Gasteiger partial charge in [0.25, 0.3) is 0 Å². The first-order chi connectivity index (χ1) is 12.4. The minimum atomic E-state index is -4.36. The molecule has 27 heavy (non-hydrogen) atoms. The average Bonchev–Trinajstić information content (AvgIpc) is 2.59. The van der Waals surface area contributed by atoms with Crippen LogP contribution in [0.15, 0.2) is 52.7 Å². The zero-order valence-corrected chi connectivity index (χ0v) is 17.2. The van der Waals surface area contributed by atoms with E-state index in [1.54, 1.807) is 42.5 Å². The molecule has 2 aromatic rings. The van der Waals surface area contributed by atoms with E-state index in [0.29, 0.717) is 28.2 Å². The summed E-state index contributed by atoms with van der Waals surface area (Å²) in [5.74, 6) is -0.705. The molecule has 140 valence electrons. The molecule has 0 aliphatic carbocycles. The number of hydrogen-bond acceptors (Lipinski definition) is 10. The Morgan fingerprint density at radius 1 is 0.926 bits per heavy atom. The molecule has 0 aromatic heterocycles. The van der Waals surface area contributed by atoms with E-state index in [9.17, 15) is 13.0 Å². The van der Waals surface area contributed by atoms with Crippen LogP contribution in [-0.4, -0.2) is 29.4 Å². The second-order valence-electron chi connectivity index (χ2n) is 5.18. The summed E-state index contributed by atoms with van der Waals surface area (Å²) in [5.41, 5.74) is 2.60. The van der Waals surface area contributed by atoms with Crippen LogP contribution in [0.5, 0.6) is 0 Å². The van der Waals surface area contributed by atoms with Gasteiger partial charge in [-0.3, -0.25) is 10.5 Å². The number of nitrogens with one attached hydrogen (secondary N) is 1. The molecule has 0 atom stereocenters. The van der Waals surface area contributed by atoms with E-state index >= 15 is 0 Å². The Hall–Kier alpha value is -1.41. The topological polar surface area (TPSA) is 153 Å². The van der Waals surface area contributed by atoms with Gasteiger partial charge in [0.2, 0.25) is 0 Å². The summed E-state index contributed by atoms with van der Waals surface area (Å²) >= 11 is 0. The van der Waals surface area contributed by atoms with Crippen LogP contribution in [0.1, 0.15) is 11.1 Å². The van der Waals surface area contributed by atoms with Gasteiger partial charge in [-0.1, -0.05) is 6.07 Å². The van der Waals surface area contributed by atoms with Crippen molar-refractivity contribution in [1.29, 1.82) is 0 Å². The second-order valence-corrected chi connectivity index (χ2v) is 6.58. The predicted octanol–water partition coefficient (Wildman–Crippen LogP) is -0.000200. The van der Waals surface area contributed by atoms with Crippen molar-refractivity contribution in [2.24, 2.45) is 10.2 Å². The van der Waals surface area contributed by atoms with Crippen LogP contribution in [0.4, 0.5) is 17.1 Å². The van der Waals surface area contributed by atoms with E-state index in [1.807, 2.05) is 0 Å². The molecular formula is C15H16N3NaO7S. The van der Waals surface area contributed by atoms with Gasteiger partial charge in [0.15, 0.2) is 0 Å². The second kappa shape index (κ2) is 11.4. The Kier molecular flexibility index (Phi) is 10.0. The van der Waals surface area contributed by atoms with Crippen LogP contribution in [0.2, 0.25) is 0 Å². The van der Waals surface area contributed by atoms with E-state index in [4.69, 9.17) is 10.5 Å². The third kappa shape index (κ3) is 8.88. The molecule has 0 radical (unpaired) electrons. The summed E-state index contributed by atoms with van der Waals surface area (Å²) in [6.07, 6.45) is 0. The van der Waals surface area contributed by atoms with Crippen LogP contribution < -0.4 is 34.9 Å². The molecule has 12 heteroatoms. The molecule has 3 N–H and O–H groups in total. The Morgan fingerprint density at radius 3 is 1.93 bits per heavy atom. The van der Waals surface area contributed by atoms with Crippen molar-refractivity contribution < 1.29 is 62.8 Å². The molecule has 2 rings (SSSR count). The number of benzene rings is 2. The minimum Gasteiger partial charge on any atom is -0.747 e. The van der Waals surface area contributed by atoms with Crippen molar-refractivity contribution >= 4 is 27.2 Å². The quantitative estimate of drug-likeness (QED) is 0.173. The number of rotatable bonds is 9. The standard InChI is InChI=1S/C15H17N3O7S.Na/c19-24-8-11-5-12(9-25-20)7-15(6-11)18-17-14-3-1-13(2-4-14)16-10-26(21,22)23;/h1-7,16,19-20H,8-10H2,(H,21,22,23);/q;+1/p-1. The Labute approximate surface area is 177 Å². The van der Waals surface area contributed by atoms with Crippen molar-refractivity contribution in [1.82, 2.24) is 0 Å². The smallest absolute Gasteiger partial charge is 0.747 e. The molecule has 0 saturated heterocycles. The third-order valence-corrected chi connectivity index (χ3v) is 3.60. The summed E-state index contributed by atoms with van der Waals surface area (Å²) in [6.45, 7) is -0.129. The molecule has 10 nitrogen and oxygen atoms in total. The molecule has 0 bridgehead atoms. The van der Waals surface area contributed by atoms with Crippen molar-refractivity contribution in [3.05, 3.63) is 53.6 Å². The number of nitrogens with zero attached hydrogens (tertiary/aromatic N) is 2. The average molecular weight is 405 g/mol. The molecule has 0 heterocycles. The summed E-state index contributed by atoms with van der Waals surface area (Å²) < 4.78 is 31.7. The normalized spacial score (nSPS) is 11.4. The molecular weight excluding hydrogens is 389 g/mol. The summed E-state index contributed by atoms with van der Waals surface area (Å²) in [7, 11) is -4.36. The number of anilines is 1. The Balaban J connectivity index is 0.00000364. The van der Waals surface area contributed by atoms with E-state index < -0.39 is 16.0 Å². The SMILES string of the molecule is O=S(=O)([O-])CNc1ccc(N=Nc2cc(COO)cc(COO)c2)cc1.[Na+]. The van der Waals surface area contributed by atoms with Gasteiger partial charge < -0.3 is 9.87 Å². The fraction of sp³-hybridized carbons (Fsp3) is 0.200. The number of azo groups is 1. The first kappa shape index (κ1) is 23.6. The fourth-order valence-electron chi connectivity index (χ4n) is 2.05. The molecule has 2 aromatic carbocycles. The Morgan fingerprint density at radius 2 is 1.44 bits per heavy atom. The van der Waals surface area contributed by atoms with Gasteiger partial charge in [-0.05, 0) is 47.5 Å². The maximum Gasteiger partial charge on any atom is 1.00 e. The van der Waals surface area contributed by atoms with Crippen molar-refractivity contribution in [2.45, 2.75) is 13.2 Å². The molecule has 0 aliphatic rings. The van der Waals surface area contributed by atoms with Gasteiger partial charge in [-0.2, -0.15) is 10.2 Å². The molecule has 0 fully saturated rings. The van der Waals surface area contributed by atoms with Gasteiger partial charge in [-0.25, -0.2) is 18.2 Å². The van der Waals surface area contributed by atoms with Crippen molar-refractivity contribution in [3.63, 3.8) is 0 Å². The first-order valence-corrected chi connectivity index (χ1v) is 8.82. The van der Waals surface area contributed by atoms with Crippen LogP contribution in [0, 0.1) is 0 Å². The first-order valence-electron chi connectivity index (χ1n) is 7.24. The summed E-state index contributed by atoms with van der Waals surface area (Å²) in [5, 5.41) is 27.7. The maximum absolute atomic E-state index is 10.6. The molecule has 0 unspecified atom stereocenters. The van der Waals surface area contributed by atoms with Crippen LogP contribution in [-0.2, 0) is 33.1 Å². The van der Waals surface area contributed by atoms with E-state index in [0.717, 1.165) is 0 Å². The largest absolute Gasteiger partial charge is 1.00 e. The zero-order valence-electron chi connectivity index (χ0n) is 14.4.